The molecule has 0 aromatic heterocycles. The molecule has 5 nitrogen and oxygen atoms in total. The van der Waals surface area contributed by atoms with Gasteiger partial charge in [-0.15, -0.1) is 0 Å². The Morgan fingerprint density at radius 1 is 0.962 bits per heavy atom. The van der Waals surface area contributed by atoms with Crippen molar-refractivity contribution in [3.63, 3.8) is 0 Å². The molecule has 3 rings (SSSR count). The molecular formula is C21H25NO4. The molecule has 5 heteroatoms. The quantitative estimate of drug-likeness (QED) is 0.834. The first-order valence-corrected chi connectivity index (χ1v) is 8.58. The molecule has 1 aliphatic heterocycles. The summed E-state index contributed by atoms with van der Waals surface area (Å²) in [5.74, 6) is -1.13. The first kappa shape index (κ1) is 18.6. The maximum absolute atomic E-state index is 13.0. The molecule has 0 aliphatic carbocycles. The van der Waals surface area contributed by atoms with Crippen LogP contribution >= 0.6 is 0 Å². The van der Waals surface area contributed by atoms with E-state index in [1.54, 1.807) is 39.3 Å². The van der Waals surface area contributed by atoms with Crippen LogP contribution in [-0.4, -0.2) is 30.1 Å². The van der Waals surface area contributed by atoms with Gasteiger partial charge in [-0.2, -0.15) is 0 Å². The molecule has 0 spiro atoms. The number of fused-ring (bicyclic) bond motifs is 1. The predicted molar refractivity (Wildman–Crippen MR) is 98.4 cm³/mol. The summed E-state index contributed by atoms with van der Waals surface area (Å²) in [7, 11) is 3.12. The highest BCUT2D eigenvalue weighted by Gasteiger charge is 2.45. The van der Waals surface area contributed by atoms with Gasteiger partial charge < -0.3 is 14.6 Å². The molecule has 0 radical (unpaired) electrons. The van der Waals surface area contributed by atoms with Gasteiger partial charge in [0.2, 0.25) is 0 Å². The minimum absolute atomic E-state index is 0.190. The Morgan fingerprint density at radius 3 is 2.15 bits per heavy atom. The third-order valence-electron chi connectivity index (χ3n) is 5.41. The molecule has 1 atom stereocenters. The molecular weight excluding hydrogens is 330 g/mol. The van der Waals surface area contributed by atoms with Crippen LogP contribution < -0.4 is 0 Å². The smallest absolute Gasteiger partial charge is 0.257 e. The minimum Gasteiger partial charge on any atom is -0.369 e. The fraction of sp³-hybridized carbons (Fsp3) is 0.381. The number of aliphatic hydroxyl groups excluding tert-OH is 1. The maximum atomic E-state index is 13.0. The second-order valence-corrected chi connectivity index (χ2v) is 7.13. The Morgan fingerprint density at radius 2 is 1.58 bits per heavy atom. The molecule has 1 heterocycles. The highest BCUT2D eigenvalue weighted by Crippen LogP contribution is 2.42. The van der Waals surface area contributed by atoms with Gasteiger partial charge in [0, 0.05) is 30.9 Å². The Labute approximate surface area is 154 Å². The van der Waals surface area contributed by atoms with Gasteiger partial charge in [-0.1, -0.05) is 36.4 Å². The van der Waals surface area contributed by atoms with Crippen molar-refractivity contribution >= 4 is 5.91 Å². The van der Waals surface area contributed by atoms with E-state index in [1.807, 2.05) is 44.2 Å². The average Bonchev–Trinajstić information content (AvgIpc) is 2.92. The topological polar surface area (TPSA) is 59.0 Å². The van der Waals surface area contributed by atoms with Gasteiger partial charge in [-0.3, -0.25) is 9.69 Å². The average molecular weight is 355 g/mol. The SMILES string of the molecule is COC(C)(OC)c1ccc2c(c1)C(O)N(C(C)(C)c1ccccc1)C2=O. The van der Waals surface area contributed by atoms with Crippen molar-refractivity contribution in [3.05, 3.63) is 70.8 Å². The summed E-state index contributed by atoms with van der Waals surface area (Å²) in [4.78, 5) is 14.6. The van der Waals surface area contributed by atoms with Crippen LogP contribution in [0.3, 0.4) is 0 Å². The van der Waals surface area contributed by atoms with Crippen LogP contribution in [0.15, 0.2) is 48.5 Å². The second-order valence-electron chi connectivity index (χ2n) is 7.13. The normalized spacial score (nSPS) is 17.5. The number of carbonyl (C=O) groups is 1. The van der Waals surface area contributed by atoms with E-state index < -0.39 is 17.6 Å². The summed E-state index contributed by atoms with van der Waals surface area (Å²) in [6.07, 6.45) is -1.04. The number of methoxy groups -OCH3 is 2. The van der Waals surface area contributed by atoms with Crippen molar-refractivity contribution in [3.8, 4) is 0 Å². The molecule has 1 N–H and O–H groups in total. The lowest BCUT2D eigenvalue weighted by Crippen LogP contribution is -2.44. The maximum Gasteiger partial charge on any atom is 0.257 e. The summed E-state index contributed by atoms with van der Waals surface area (Å²) in [5.41, 5.74) is 2.10. The molecule has 0 saturated heterocycles. The van der Waals surface area contributed by atoms with E-state index in [9.17, 15) is 9.90 Å². The summed E-state index contributed by atoms with van der Waals surface area (Å²) in [5, 5.41) is 11.0. The Balaban J connectivity index is 2.04. The van der Waals surface area contributed by atoms with Crippen LogP contribution in [-0.2, 0) is 20.8 Å². The van der Waals surface area contributed by atoms with Crippen molar-refractivity contribution in [2.75, 3.05) is 14.2 Å². The molecule has 0 bridgehead atoms. The van der Waals surface area contributed by atoms with Crippen LogP contribution in [0.2, 0.25) is 0 Å². The number of amides is 1. The number of nitrogens with zero attached hydrogens (tertiary/aromatic N) is 1. The summed E-state index contributed by atoms with van der Waals surface area (Å²) >= 11 is 0. The molecule has 0 fully saturated rings. The number of carbonyl (C=O) groups excluding carboxylic acids is 1. The van der Waals surface area contributed by atoms with Gasteiger partial charge in [-0.25, -0.2) is 0 Å². The Bertz CT molecular complexity index is 812. The third kappa shape index (κ3) is 2.72. The van der Waals surface area contributed by atoms with Gasteiger partial charge in [0.1, 0.15) is 0 Å². The standard InChI is InChI=1S/C21H25NO4/c1-20(2,14-9-7-6-8-10-14)22-18(23)16-12-11-15(13-17(16)19(22)24)21(3,25-4)26-5/h6-13,19,24H,1-5H3. The van der Waals surface area contributed by atoms with E-state index in [4.69, 9.17) is 9.47 Å². The van der Waals surface area contributed by atoms with Crippen LogP contribution in [0.25, 0.3) is 0 Å². The van der Waals surface area contributed by atoms with E-state index >= 15 is 0 Å². The van der Waals surface area contributed by atoms with Gasteiger partial charge in [0.25, 0.3) is 5.91 Å². The second kappa shape index (κ2) is 6.50. The highest BCUT2D eigenvalue weighted by molar-refractivity contribution is 5.99. The van der Waals surface area contributed by atoms with Crippen LogP contribution in [0.5, 0.6) is 0 Å². The summed E-state index contributed by atoms with van der Waals surface area (Å²) < 4.78 is 10.9. The molecule has 26 heavy (non-hydrogen) atoms. The van der Waals surface area contributed by atoms with Gasteiger partial charge in [-0.05, 0) is 38.5 Å². The van der Waals surface area contributed by atoms with Crippen molar-refractivity contribution in [2.45, 2.75) is 38.3 Å². The van der Waals surface area contributed by atoms with E-state index in [0.29, 0.717) is 11.1 Å². The fourth-order valence-corrected chi connectivity index (χ4v) is 3.50. The van der Waals surface area contributed by atoms with Gasteiger partial charge >= 0.3 is 0 Å². The zero-order valence-corrected chi connectivity index (χ0v) is 15.8. The molecule has 0 saturated carbocycles. The van der Waals surface area contributed by atoms with Gasteiger partial charge in [0.15, 0.2) is 12.0 Å². The lowest BCUT2D eigenvalue weighted by molar-refractivity contribution is -0.201. The third-order valence-corrected chi connectivity index (χ3v) is 5.41. The minimum atomic E-state index is -1.04. The molecule has 2 aromatic carbocycles. The van der Waals surface area contributed by atoms with Crippen LogP contribution in [0.1, 0.15) is 54.0 Å². The van der Waals surface area contributed by atoms with Crippen molar-refractivity contribution in [1.82, 2.24) is 4.90 Å². The van der Waals surface area contributed by atoms with Crippen LogP contribution in [0, 0.1) is 0 Å². The van der Waals surface area contributed by atoms with E-state index in [-0.39, 0.29) is 5.91 Å². The predicted octanol–water partition coefficient (Wildman–Crippen LogP) is 3.53. The summed E-state index contributed by atoms with van der Waals surface area (Å²) in [6, 6.07) is 15.0. The van der Waals surface area contributed by atoms with Crippen LogP contribution in [0.4, 0.5) is 0 Å². The number of hydrogen-bond acceptors (Lipinski definition) is 4. The first-order valence-electron chi connectivity index (χ1n) is 8.58. The monoisotopic (exact) mass is 355 g/mol. The van der Waals surface area contributed by atoms with Crippen molar-refractivity contribution < 1.29 is 19.4 Å². The van der Waals surface area contributed by atoms with E-state index in [2.05, 4.69) is 0 Å². The molecule has 2 aromatic rings. The number of rotatable bonds is 5. The number of benzene rings is 2. The molecule has 1 amide bonds. The van der Waals surface area contributed by atoms with Gasteiger partial charge in [0.05, 0.1) is 5.54 Å². The Hall–Kier alpha value is -2.21. The number of hydrogen-bond donors (Lipinski definition) is 1. The molecule has 138 valence electrons. The van der Waals surface area contributed by atoms with E-state index in [0.717, 1.165) is 11.1 Å². The first-order chi connectivity index (χ1) is 12.3. The lowest BCUT2D eigenvalue weighted by Gasteiger charge is -2.38. The van der Waals surface area contributed by atoms with Crippen molar-refractivity contribution in [2.24, 2.45) is 0 Å². The van der Waals surface area contributed by atoms with Crippen molar-refractivity contribution in [1.29, 1.82) is 0 Å². The number of ether oxygens (including phenoxy) is 2. The highest BCUT2D eigenvalue weighted by atomic mass is 16.7. The fourth-order valence-electron chi connectivity index (χ4n) is 3.50. The molecule has 1 unspecified atom stereocenters. The Kier molecular flexibility index (Phi) is 4.65. The van der Waals surface area contributed by atoms with E-state index in [1.165, 1.54) is 4.90 Å². The zero-order chi connectivity index (χ0) is 19.1. The zero-order valence-electron chi connectivity index (χ0n) is 15.8. The lowest BCUT2D eigenvalue weighted by atomic mass is 9.92. The number of aliphatic hydroxyl groups is 1. The summed E-state index contributed by atoms with van der Waals surface area (Å²) in [6.45, 7) is 5.67. The molecule has 1 aliphatic rings. The largest absolute Gasteiger partial charge is 0.369 e.